The fourth-order valence-corrected chi connectivity index (χ4v) is 1.02. The van der Waals surface area contributed by atoms with Crippen molar-refractivity contribution in [2.75, 3.05) is 0 Å². The largest absolute Gasteiger partial charge is 0.260 e. The van der Waals surface area contributed by atoms with Crippen LogP contribution in [0.15, 0.2) is 52.7 Å². The van der Waals surface area contributed by atoms with Crippen LogP contribution in [0.2, 0.25) is 0 Å². The van der Waals surface area contributed by atoms with E-state index in [1.54, 1.807) is 0 Å². The van der Waals surface area contributed by atoms with Crippen LogP contribution in [0.3, 0.4) is 0 Å². The average Bonchev–Trinajstić information content (AvgIpc) is 2.32. The molecule has 0 fully saturated rings. The molecule has 0 amide bonds. The van der Waals surface area contributed by atoms with Crippen molar-refractivity contribution in [3.05, 3.63) is 47.7 Å². The molecule has 0 spiro atoms. The zero-order chi connectivity index (χ0) is 9.68. The normalized spacial score (nSPS) is 20.9. The molecule has 1 rings (SSSR count). The van der Waals surface area contributed by atoms with Crippen molar-refractivity contribution < 1.29 is 0 Å². The second-order valence-electron chi connectivity index (χ2n) is 3.04. The summed E-state index contributed by atoms with van der Waals surface area (Å²) < 4.78 is 0. The van der Waals surface area contributed by atoms with Crippen LogP contribution in [0.25, 0.3) is 0 Å². The summed E-state index contributed by atoms with van der Waals surface area (Å²) >= 11 is 0. The predicted octanol–water partition coefficient (Wildman–Crippen LogP) is 3.42. The zero-order valence-corrected chi connectivity index (χ0v) is 8.25. The lowest BCUT2D eigenvalue weighted by atomic mass is 10.1. The molecule has 0 N–H and O–H groups in total. The lowest BCUT2D eigenvalue weighted by Crippen LogP contribution is -1.81. The fraction of sp³-hybridized carbons (Fsp3) is 0.250. The first-order valence-electron chi connectivity index (χ1n) is 4.47. The molecular weight excluding hydrogens is 158 g/mol. The minimum Gasteiger partial charge on any atom is -0.260 e. The third-order valence-electron chi connectivity index (χ3n) is 1.94. The van der Waals surface area contributed by atoms with Gasteiger partial charge in [0.2, 0.25) is 0 Å². The van der Waals surface area contributed by atoms with E-state index in [0.29, 0.717) is 0 Å². The number of hydrogen-bond acceptors (Lipinski definition) is 1. The van der Waals surface area contributed by atoms with Gasteiger partial charge in [0, 0.05) is 12.6 Å². The van der Waals surface area contributed by atoms with Gasteiger partial charge >= 0.3 is 0 Å². The monoisotopic (exact) mass is 173 g/mol. The van der Waals surface area contributed by atoms with Crippen molar-refractivity contribution in [1.82, 2.24) is 0 Å². The third kappa shape index (κ3) is 2.86. The van der Waals surface area contributed by atoms with Crippen molar-refractivity contribution in [2.24, 2.45) is 4.99 Å². The van der Waals surface area contributed by atoms with E-state index in [1.165, 1.54) is 5.57 Å². The van der Waals surface area contributed by atoms with Gasteiger partial charge in [-0.2, -0.15) is 0 Å². The molecule has 68 valence electrons. The van der Waals surface area contributed by atoms with Crippen LogP contribution in [0.5, 0.6) is 0 Å². The zero-order valence-electron chi connectivity index (χ0n) is 8.25. The highest BCUT2D eigenvalue weighted by Gasteiger charge is 1.99. The number of hydrogen-bond donors (Lipinski definition) is 0. The van der Waals surface area contributed by atoms with Gasteiger partial charge in [0.15, 0.2) is 0 Å². The highest BCUT2D eigenvalue weighted by atomic mass is 14.7. The summed E-state index contributed by atoms with van der Waals surface area (Å²) in [4.78, 5) is 4.33. The number of aliphatic imine (C=N–C) groups is 1. The van der Waals surface area contributed by atoms with E-state index < -0.39 is 0 Å². The summed E-state index contributed by atoms with van der Waals surface area (Å²) in [6.45, 7) is 8.03. The molecule has 0 aromatic carbocycles. The van der Waals surface area contributed by atoms with E-state index in [-0.39, 0.29) is 0 Å². The van der Waals surface area contributed by atoms with Crippen molar-refractivity contribution in [3.8, 4) is 0 Å². The van der Waals surface area contributed by atoms with Crippen LogP contribution in [0, 0.1) is 0 Å². The Morgan fingerprint density at radius 2 is 2.38 bits per heavy atom. The first kappa shape index (κ1) is 9.72. The van der Waals surface area contributed by atoms with E-state index in [2.05, 4.69) is 36.7 Å². The van der Waals surface area contributed by atoms with Crippen LogP contribution in [-0.2, 0) is 0 Å². The molecule has 1 heterocycles. The lowest BCUT2D eigenvalue weighted by molar-refractivity contribution is 1.33. The maximum absolute atomic E-state index is 4.33. The van der Waals surface area contributed by atoms with Crippen LogP contribution < -0.4 is 0 Å². The van der Waals surface area contributed by atoms with Crippen molar-refractivity contribution >= 4 is 6.21 Å². The average molecular weight is 173 g/mol. The highest BCUT2D eigenvalue weighted by molar-refractivity contribution is 5.65. The minimum atomic E-state index is 0.894. The fourth-order valence-electron chi connectivity index (χ4n) is 1.02. The molecular formula is C12H15N. The molecule has 0 aliphatic carbocycles. The number of nitrogens with zero attached hydrogens (tertiary/aromatic N) is 1. The molecule has 0 saturated heterocycles. The predicted molar refractivity (Wildman–Crippen MR) is 58.9 cm³/mol. The molecule has 0 aromatic rings. The Kier molecular flexibility index (Phi) is 3.44. The number of rotatable bonds is 1. The summed E-state index contributed by atoms with van der Waals surface area (Å²) in [5.41, 5.74) is 3.16. The van der Waals surface area contributed by atoms with Crippen molar-refractivity contribution in [2.45, 2.75) is 20.3 Å². The van der Waals surface area contributed by atoms with Gasteiger partial charge in [-0.05, 0) is 25.5 Å². The lowest BCUT2D eigenvalue weighted by Gasteiger charge is -1.99. The van der Waals surface area contributed by atoms with Crippen molar-refractivity contribution in [3.63, 3.8) is 0 Å². The van der Waals surface area contributed by atoms with Gasteiger partial charge in [0.05, 0.1) is 5.70 Å². The van der Waals surface area contributed by atoms with Gasteiger partial charge in [-0.15, -0.1) is 0 Å². The quantitative estimate of drug-likeness (QED) is 0.576. The minimum absolute atomic E-state index is 0.894. The van der Waals surface area contributed by atoms with Gasteiger partial charge in [0.1, 0.15) is 0 Å². The summed E-state index contributed by atoms with van der Waals surface area (Å²) in [7, 11) is 0. The van der Waals surface area contributed by atoms with Gasteiger partial charge < -0.3 is 0 Å². The second kappa shape index (κ2) is 4.61. The summed E-state index contributed by atoms with van der Waals surface area (Å²) in [5, 5.41) is 0. The molecule has 0 radical (unpaired) electrons. The molecule has 0 unspecified atom stereocenters. The van der Waals surface area contributed by atoms with Gasteiger partial charge in [-0.3, -0.25) is 4.99 Å². The standard InChI is InChI=1S/C12H15N/c1-4-10(2)9-12-11(3)7-5-6-8-13-12/h4-5,7-9H,3,6H2,1-2H3/b10-4-,12-9+. The smallest absolute Gasteiger partial charge is 0.0694 e. The molecule has 1 aliphatic rings. The molecule has 0 bridgehead atoms. The van der Waals surface area contributed by atoms with E-state index >= 15 is 0 Å². The van der Waals surface area contributed by atoms with Gasteiger partial charge in [0.25, 0.3) is 0 Å². The Morgan fingerprint density at radius 1 is 1.62 bits per heavy atom. The van der Waals surface area contributed by atoms with Crippen LogP contribution in [-0.4, -0.2) is 6.21 Å². The first-order chi connectivity index (χ1) is 6.24. The van der Waals surface area contributed by atoms with Crippen LogP contribution in [0.1, 0.15) is 20.3 Å². The van der Waals surface area contributed by atoms with Crippen LogP contribution >= 0.6 is 0 Å². The second-order valence-corrected chi connectivity index (χ2v) is 3.04. The number of allylic oxidation sites excluding steroid dienone is 5. The Bertz CT molecular complexity index is 314. The van der Waals surface area contributed by atoms with Gasteiger partial charge in [-0.1, -0.05) is 30.4 Å². The first-order valence-corrected chi connectivity index (χ1v) is 4.47. The van der Waals surface area contributed by atoms with Crippen LogP contribution in [0.4, 0.5) is 0 Å². The molecule has 13 heavy (non-hydrogen) atoms. The van der Waals surface area contributed by atoms with E-state index in [4.69, 9.17) is 0 Å². The summed E-state index contributed by atoms with van der Waals surface area (Å²) in [6, 6.07) is 0. The Hall–Kier alpha value is -1.37. The van der Waals surface area contributed by atoms with E-state index in [9.17, 15) is 0 Å². The molecule has 1 aliphatic heterocycles. The Morgan fingerprint density at radius 3 is 3.08 bits per heavy atom. The molecule has 0 atom stereocenters. The van der Waals surface area contributed by atoms with Gasteiger partial charge in [-0.25, -0.2) is 0 Å². The Balaban J connectivity index is 2.95. The van der Waals surface area contributed by atoms with E-state index in [0.717, 1.165) is 17.7 Å². The maximum Gasteiger partial charge on any atom is 0.0694 e. The molecule has 0 saturated carbocycles. The molecule has 0 aromatic heterocycles. The van der Waals surface area contributed by atoms with E-state index in [1.807, 2.05) is 19.2 Å². The summed E-state index contributed by atoms with van der Waals surface area (Å²) in [6.07, 6.45) is 11.0. The summed E-state index contributed by atoms with van der Waals surface area (Å²) in [5.74, 6) is 0. The third-order valence-corrected chi connectivity index (χ3v) is 1.94. The molecule has 1 heteroatoms. The SMILES string of the molecule is C=C1C=CCC=N/C1=C/C(C)=C\C. The topological polar surface area (TPSA) is 12.4 Å². The highest BCUT2D eigenvalue weighted by Crippen LogP contribution is 2.15. The molecule has 1 nitrogen and oxygen atoms in total. The Labute approximate surface area is 79.9 Å². The van der Waals surface area contributed by atoms with Crippen molar-refractivity contribution in [1.29, 1.82) is 0 Å². The maximum atomic E-state index is 4.33.